The molecule has 1 saturated heterocycles. The SMILES string of the molecule is CCOC(=O)n1cnc([C@@H]2O[C@H](CO)[C@@H](O)[C@H]2O)c1. The van der Waals surface area contributed by atoms with Crippen LogP contribution >= 0.6 is 0 Å². The summed E-state index contributed by atoms with van der Waals surface area (Å²) in [5, 5.41) is 28.4. The van der Waals surface area contributed by atoms with Crippen molar-refractivity contribution in [3.63, 3.8) is 0 Å². The highest BCUT2D eigenvalue weighted by Crippen LogP contribution is 2.32. The first kappa shape index (κ1) is 13.9. The summed E-state index contributed by atoms with van der Waals surface area (Å²) < 4.78 is 11.2. The lowest BCUT2D eigenvalue weighted by Gasteiger charge is -2.11. The molecule has 1 aliphatic heterocycles. The Morgan fingerprint density at radius 3 is 2.84 bits per heavy atom. The third-order valence-corrected chi connectivity index (χ3v) is 2.92. The topological polar surface area (TPSA) is 114 Å². The molecule has 3 N–H and O–H groups in total. The largest absolute Gasteiger partial charge is 0.449 e. The molecule has 1 aliphatic rings. The number of aliphatic hydroxyl groups excluding tert-OH is 3. The summed E-state index contributed by atoms with van der Waals surface area (Å²) in [5.41, 5.74) is 0.288. The average Bonchev–Trinajstić information content (AvgIpc) is 2.97. The molecule has 0 aliphatic carbocycles. The van der Waals surface area contributed by atoms with Gasteiger partial charge in [-0.2, -0.15) is 0 Å². The van der Waals surface area contributed by atoms with Crippen LogP contribution in [0.1, 0.15) is 18.7 Å². The van der Waals surface area contributed by atoms with Gasteiger partial charge >= 0.3 is 6.09 Å². The molecule has 106 valence electrons. The molecule has 0 unspecified atom stereocenters. The highest BCUT2D eigenvalue weighted by molar-refractivity contribution is 5.70. The molecular weight excluding hydrogens is 256 g/mol. The summed E-state index contributed by atoms with van der Waals surface area (Å²) in [6.45, 7) is 1.51. The van der Waals surface area contributed by atoms with Gasteiger partial charge in [0.1, 0.15) is 30.7 Å². The lowest BCUT2D eigenvalue weighted by Crippen LogP contribution is -2.32. The van der Waals surface area contributed by atoms with E-state index in [4.69, 9.17) is 14.6 Å². The minimum Gasteiger partial charge on any atom is -0.449 e. The minimum atomic E-state index is -1.21. The number of aliphatic hydroxyl groups is 3. The summed E-state index contributed by atoms with van der Waals surface area (Å²) >= 11 is 0. The van der Waals surface area contributed by atoms with E-state index >= 15 is 0 Å². The predicted molar refractivity (Wildman–Crippen MR) is 61.4 cm³/mol. The number of hydrogen-bond acceptors (Lipinski definition) is 7. The molecule has 1 fully saturated rings. The van der Waals surface area contributed by atoms with E-state index in [-0.39, 0.29) is 12.3 Å². The molecular formula is C11H16N2O6. The van der Waals surface area contributed by atoms with Gasteiger partial charge in [-0.25, -0.2) is 14.3 Å². The van der Waals surface area contributed by atoms with Crippen LogP contribution in [0.2, 0.25) is 0 Å². The fourth-order valence-electron chi connectivity index (χ4n) is 1.93. The molecule has 2 rings (SSSR count). The van der Waals surface area contributed by atoms with Crippen molar-refractivity contribution >= 4 is 6.09 Å². The first-order valence-electron chi connectivity index (χ1n) is 5.92. The van der Waals surface area contributed by atoms with Gasteiger partial charge in [0.2, 0.25) is 0 Å². The zero-order chi connectivity index (χ0) is 14.0. The number of hydrogen-bond donors (Lipinski definition) is 3. The summed E-state index contributed by atoms with van der Waals surface area (Å²) in [6.07, 6.45) is -2.14. The van der Waals surface area contributed by atoms with Crippen molar-refractivity contribution in [3.05, 3.63) is 18.2 Å². The van der Waals surface area contributed by atoms with Crippen LogP contribution in [-0.2, 0) is 9.47 Å². The first-order valence-corrected chi connectivity index (χ1v) is 5.92. The Morgan fingerprint density at radius 2 is 2.26 bits per heavy atom. The lowest BCUT2D eigenvalue weighted by molar-refractivity contribution is -0.0238. The normalized spacial score (nSPS) is 30.5. The highest BCUT2D eigenvalue weighted by Gasteiger charge is 2.44. The molecule has 0 bridgehead atoms. The van der Waals surface area contributed by atoms with Crippen LogP contribution in [0.4, 0.5) is 4.79 Å². The zero-order valence-electron chi connectivity index (χ0n) is 10.3. The van der Waals surface area contributed by atoms with E-state index in [1.165, 1.54) is 12.5 Å². The van der Waals surface area contributed by atoms with E-state index in [2.05, 4.69) is 4.98 Å². The van der Waals surface area contributed by atoms with Gasteiger partial charge in [0.25, 0.3) is 0 Å². The maximum absolute atomic E-state index is 11.4. The maximum Gasteiger partial charge on any atom is 0.419 e. The minimum absolute atomic E-state index is 0.236. The molecule has 0 aromatic carbocycles. The monoisotopic (exact) mass is 272 g/mol. The Hall–Kier alpha value is -1.48. The number of ether oxygens (including phenoxy) is 2. The molecule has 8 heteroatoms. The highest BCUT2D eigenvalue weighted by atomic mass is 16.6. The molecule has 0 spiro atoms. The van der Waals surface area contributed by atoms with Crippen molar-refractivity contribution < 1.29 is 29.6 Å². The summed E-state index contributed by atoms with van der Waals surface area (Å²) in [4.78, 5) is 15.4. The van der Waals surface area contributed by atoms with Crippen LogP contribution in [0, 0.1) is 0 Å². The summed E-state index contributed by atoms with van der Waals surface area (Å²) in [6, 6.07) is 0. The van der Waals surface area contributed by atoms with Crippen LogP contribution < -0.4 is 0 Å². The van der Waals surface area contributed by atoms with Gasteiger partial charge in [-0.3, -0.25) is 0 Å². The van der Waals surface area contributed by atoms with Gasteiger partial charge in [-0.05, 0) is 6.92 Å². The van der Waals surface area contributed by atoms with E-state index < -0.39 is 37.1 Å². The van der Waals surface area contributed by atoms with Crippen LogP contribution in [-0.4, -0.2) is 62.5 Å². The van der Waals surface area contributed by atoms with Gasteiger partial charge in [0.05, 0.1) is 18.9 Å². The van der Waals surface area contributed by atoms with Crippen LogP contribution in [0.3, 0.4) is 0 Å². The third kappa shape index (κ3) is 2.61. The van der Waals surface area contributed by atoms with Gasteiger partial charge < -0.3 is 24.8 Å². The Morgan fingerprint density at radius 1 is 1.53 bits per heavy atom. The van der Waals surface area contributed by atoms with E-state index in [0.717, 1.165) is 4.57 Å². The smallest absolute Gasteiger partial charge is 0.419 e. The van der Waals surface area contributed by atoms with Crippen molar-refractivity contribution in [2.75, 3.05) is 13.2 Å². The Balaban J connectivity index is 2.13. The molecule has 8 nitrogen and oxygen atoms in total. The Bertz CT molecular complexity index is 448. The predicted octanol–water partition coefficient (Wildman–Crippen LogP) is -0.958. The number of carbonyl (C=O) groups excluding carboxylic acids is 1. The molecule has 0 radical (unpaired) electrons. The maximum atomic E-state index is 11.4. The second-order valence-corrected chi connectivity index (χ2v) is 4.16. The van der Waals surface area contributed by atoms with Gasteiger partial charge in [0.15, 0.2) is 0 Å². The molecule has 1 aromatic rings. The number of nitrogens with zero attached hydrogens (tertiary/aromatic N) is 2. The van der Waals surface area contributed by atoms with Gasteiger partial charge in [0, 0.05) is 6.20 Å². The van der Waals surface area contributed by atoms with E-state index in [9.17, 15) is 15.0 Å². The Kier molecular flexibility index (Phi) is 4.15. The molecule has 4 atom stereocenters. The van der Waals surface area contributed by atoms with Crippen LogP contribution in [0.25, 0.3) is 0 Å². The number of rotatable bonds is 3. The first-order chi connectivity index (χ1) is 9.08. The third-order valence-electron chi connectivity index (χ3n) is 2.92. The molecule has 0 amide bonds. The fraction of sp³-hybridized carbons (Fsp3) is 0.636. The summed E-state index contributed by atoms with van der Waals surface area (Å²) in [7, 11) is 0. The second-order valence-electron chi connectivity index (χ2n) is 4.16. The zero-order valence-corrected chi connectivity index (χ0v) is 10.3. The van der Waals surface area contributed by atoms with Gasteiger partial charge in [-0.1, -0.05) is 0 Å². The molecule has 2 heterocycles. The van der Waals surface area contributed by atoms with Crippen molar-refractivity contribution in [2.24, 2.45) is 0 Å². The van der Waals surface area contributed by atoms with Crippen LogP contribution in [0.5, 0.6) is 0 Å². The molecule has 1 aromatic heterocycles. The van der Waals surface area contributed by atoms with Gasteiger partial charge in [-0.15, -0.1) is 0 Å². The van der Waals surface area contributed by atoms with Crippen molar-refractivity contribution in [2.45, 2.75) is 31.3 Å². The number of imidazole rings is 1. The number of carbonyl (C=O) groups is 1. The van der Waals surface area contributed by atoms with Crippen LogP contribution in [0.15, 0.2) is 12.5 Å². The number of aromatic nitrogens is 2. The average molecular weight is 272 g/mol. The van der Waals surface area contributed by atoms with E-state index in [1.54, 1.807) is 6.92 Å². The standard InChI is InChI=1S/C11H16N2O6/c1-2-18-11(17)13-3-6(12-5-13)10-9(16)8(15)7(4-14)19-10/h3,5,7-10,14-16H,2,4H2,1H3/t7-,8-,9-,10+/m1/s1. The van der Waals surface area contributed by atoms with Crippen molar-refractivity contribution in [3.8, 4) is 0 Å². The lowest BCUT2D eigenvalue weighted by atomic mass is 10.1. The fourth-order valence-corrected chi connectivity index (χ4v) is 1.93. The van der Waals surface area contributed by atoms with E-state index in [0.29, 0.717) is 0 Å². The van der Waals surface area contributed by atoms with Crippen molar-refractivity contribution in [1.82, 2.24) is 9.55 Å². The Labute approximate surface area is 109 Å². The van der Waals surface area contributed by atoms with E-state index in [1.807, 2.05) is 0 Å². The second kappa shape index (κ2) is 5.66. The molecule has 19 heavy (non-hydrogen) atoms. The quantitative estimate of drug-likeness (QED) is 0.649. The molecule has 0 saturated carbocycles. The van der Waals surface area contributed by atoms with Crippen molar-refractivity contribution in [1.29, 1.82) is 0 Å². The summed E-state index contributed by atoms with van der Waals surface area (Å²) in [5.74, 6) is 0.